The number of nitrogens with zero attached hydrogens (tertiary/aromatic N) is 1. The number of benzene rings is 1. The maximum Gasteiger partial charge on any atom is 0.522 e. The van der Waals surface area contributed by atoms with Gasteiger partial charge in [-0.25, -0.2) is 9.37 Å². The quantitative estimate of drug-likeness (QED) is 0.392. The van der Waals surface area contributed by atoms with E-state index >= 15 is 0 Å². The molecule has 33 heavy (non-hydrogen) atoms. The van der Waals surface area contributed by atoms with Crippen molar-refractivity contribution in [1.82, 2.24) is 10.3 Å². The number of aromatic nitrogens is 1. The Bertz CT molecular complexity index is 1010. The minimum Gasteiger partial charge on any atom is -0.484 e. The number of amides is 1. The molecular weight excluding hydrogens is 468 g/mol. The maximum absolute atomic E-state index is 13.5. The number of nitrogens with one attached hydrogen (secondary N) is 1. The van der Waals surface area contributed by atoms with Gasteiger partial charge in [0.25, 0.3) is 5.91 Å². The third-order valence-electron chi connectivity index (χ3n) is 5.85. The van der Waals surface area contributed by atoms with Gasteiger partial charge in [0.1, 0.15) is 11.6 Å². The highest BCUT2D eigenvalue weighted by Gasteiger charge is 2.69. The second kappa shape index (κ2) is 8.98. The number of ether oxygens (including phenoxy) is 3. The average molecular weight is 489 g/mol. The molecule has 1 N–H and O–H groups in total. The molecule has 1 aromatic heterocycles. The summed E-state index contributed by atoms with van der Waals surface area (Å²) in [5.74, 6) is -0.355. The summed E-state index contributed by atoms with van der Waals surface area (Å²) < 4.78 is 63.8. The molecule has 6 nitrogen and oxygen atoms in total. The lowest BCUT2D eigenvalue weighted by Crippen LogP contribution is -2.77. The molecule has 2 bridgehead atoms. The molecule has 11 heteroatoms. The highest BCUT2D eigenvalue weighted by atomic mass is 35.5. The number of alkyl halides is 3. The van der Waals surface area contributed by atoms with Crippen molar-refractivity contribution in [2.75, 3.05) is 19.8 Å². The molecule has 1 aromatic carbocycles. The van der Waals surface area contributed by atoms with Gasteiger partial charge in [0, 0.05) is 35.7 Å². The second-order valence-corrected chi connectivity index (χ2v) is 8.79. The zero-order valence-corrected chi connectivity index (χ0v) is 18.1. The lowest BCUT2D eigenvalue weighted by atomic mass is 9.37. The van der Waals surface area contributed by atoms with Crippen molar-refractivity contribution < 1.29 is 36.6 Å². The van der Waals surface area contributed by atoms with E-state index in [9.17, 15) is 22.4 Å². The summed E-state index contributed by atoms with van der Waals surface area (Å²) in [7, 11) is 0. The number of halogens is 5. The SMILES string of the molecule is O=C(COc1ccc(Cl)c(F)c1)NC12CC(c3ccnc(OCCCOC(F)(F)F)c3)(C1)C2. The minimum atomic E-state index is -4.65. The van der Waals surface area contributed by atoms with Crippen LogP contribution in [-0.4, -0.2) is 42.6 Å². The fraction of sp³-hybridized carbons (Fsp3) is 0.455. The van der Waals surface area contributed by atoms with E-state index in [0.717, 1.165) is 30.9 Å². The van der Waals surface area contributed by atoms with Crippen LogP contribution >= 0.6 is 11.6 Å². The van der Waals surface area contributed by atoms with Gasteiger partial charge in [-0.3, -0.25) is 9.53 Å². The van der Waals surface area contributed by atoms with Crippen LogP contribution in [0.2, 0.25) is 5.02 Å². The van der Waals surface area contributed by atoms with Gasteiger partial charge in [-0.2, -0.15) is 0 Å². The van der Waals surface area contributed by atoms with Gasteiger partial charge in [0.15, 0.2) is 6.61 Å². The van der Waals surface area contributed by atoms with Gasteiger partial charge >= 0.3 is 6.36 Å². The van der Waals surface area contributed by atoms with Crippen molar-refractivity contribution in [3.63, 3.8) is 0 Å². The summed E-state index contributed by atoms with van der Waals surface area (Å²) in [6.45, 7) is -0.663. The third kappa shape index (κ3) is 5.50. The van der Waals surface area contributed by atoms with Crippen LogP contribution in [0.4, 0.5) is 17.6 Å². The molecule has 2 aromatic rings. The van der Waals surface area contributed by atoms with E-state index in [2.05, 4.69) is 15.0 Å². The fourth-order valence-electron chi connectivity index (χ4n) is 4.52. The molecule has 178 valence electrons. The van der Waals surface area contributed by atoms with Crippen LogP contribution in [0.5, 0.6) is 11.6 Å². The monoisotopic (exact) mass is 488 g/mol. The molecule has 0 atom stereocenters. The van der Waals surface area contributed by atoms with Gasteiger partial charge in [-0.05, 0) is 43.0 Å². The van der Waals surface area contributed by atoms with Gasteiger partial charge in [0.2, 0.25) is 5.88 Å². The van der Waals surface area contributed by atoms with E-state index < -0.39 is 18.8 Å². The topological polar surface area (TPSA) is 69.7 Å². The van der Waals surface area contributed by atoms with Crippen molar-refractivity contribution >= 4 is 17.5 Å². The number of rotatable bonds is 10. The van der Waals surface area contributed by atoms with Crippen molar-refractivity contribution in [3.8, 4) is 11.6 Å². The zero-order chi connectivity index (χ0) is 23.7. The molecule has 0 unspecified atom stereocenters. The summed E-state index contributed by atoms with van der Waals surface area (Å²) in [6, 6.07) is 7.63. The second-order valence-electron chi connectivity index (χ2n) is 8.38. The Kier molecular flexibility index (Phi) is 6.41. The maximum atomic E-state index is 13.5. The molecule has 5 rings (SSSR count). The van der Waals surface area contributed by atoms with Crippen molar-refractivity contribution in [2.24, 2.45) is 0 Å². The van der Waals surface area contributed by atoms with E-state index in [1.165, 1.54) is 12.1 Å². The van der Waals surface area contributed by atoms with Gasteiger partial charge in [-0.1, -0.05) is 11.6 Å². The fourth-order valence-corrected chi connectivity index (χ4v) is 4.63. The molecule has 0 spiro atoms. The predicted octanol–water partition coefficient (Wildman–Crippen LogP) is 4.55. The zero-order valence-electron chi connectivity index (χ0n) is 17.4. The number of carbonyl (C=O) groups excluding carboxylic acids is 1. The number of pyridine rings is 1. The van der Waals surface area contributed by atoms with E-state index in [1.54, 1.807) is 12.3 Å². The summed E-state index contributed by atoms with van der Waals surface area (Å²) in [6.07, 6.45) is -0.704. The summed E-state index contributed by atoms with van der Waals surface area (Å²) in [4.78, 5) is 16.4. The highest BCUT2D eigenvalue weighted by Crippen LogP contribution is 2.67. The molecule has 3 aliphatic rings. The first-order valence-corrected chi connectivity index (χ1v) is 10.6. The highest BCUT2D eigenvalue weighted by molar-refractivity contribution is 6.30. The Morgan fingerprint density at radius 3 is 2.58 bits per heavy atom. The molecule has 1 amide bonds. The van der Waals surface area contributed by atoms with Crippen LogP contribution in [0.25, 0.3) is 0 Å². The van der Waals surface area contributed by atoms with Crippen LogP contribution in [0, 0.1) is 5.82 Å². The van der Waals surface area contributed by atoms with Crippen LogP contribution in [-0.2, 0) is 14.9 Å². The summed E-state index contributed by atoms with van der Waals surface area (Å²) >= 11 is 5.62. The van der Waals surface area contributed by atoms with E-state index in [1.807, 2.05) is 6.07 Å². The Morgan fingerprint density at radius 2 is 1.88 bits per heavy atom. The standard InChI is InChI=1S/C22H21ClF4N2O4/c23-16-3-2-15(9-17(16)24)32-10-18(30)29-21-11-20(12-21,13-21)14-4-5-28-19(8-14)31-6-1-7-33-22(25,26)27/h2-5,8-9H,1,6-7,10-13H2,(H,29,30). The molecule has 3 aliphatic carbocycles. The molecule has 1 heterocycles. The Morgan fingerprint density at radius 1 is 1.12 bits per heavy atom. The third-order valence-corrected chi connectivity index (χ3v) is 6.15. The number of hydrogen-bond acceptors (Lipinski definition) is 5. The smallest absolute Gasteiger partial charge is 0.484 e. The molecule has 3 fully saturated rings. The molecule has 3 saturated carbocycles. The predicted molar refractivity (Wildman–Crippen MR) is 110 cm³/mol. The molecule has 0 saturated heterocycles. The number of carbonyl (C=O) groups is 1. The molecule has 0 aliphatic heterocycles. The van der Waals surface area contributed by atoms with Crippen molar-refractivity contribution in [1.29, 1.82) is 0 Å². The first kappa shape index (κ1) is 23.6. The Hall–Kier alpha value is -2.59. The summed E-state index contributed by atoms with van der Waals surface area (Å²) in [5.41, 5.74) is 0.654. The first-order chi connectivity index (χ1) is 15.6. The van der Waals surface area contributed by atoms with Gasteiger partial charge < -0.3 is 14.8 Å². The lowest BCUT2D eigenvalue weighted by Gasteiger charge is -2.71. The average Bonchev–Trinajstić information content (AvgIpc) is 2.69. The minimum absolute atomic E-state index is 0.0221. The summed E-state index contributed by atoms with van der Waals surface area (Å²) in [5, 5.41) is 2.97. The van der Waals surface area contributed by atoms with E-state index in [-0.39, 0.29) is 47.3 Å². The van der Waals surface area contributed by atoms with E-state index in [0.29, 0.717) is 5.88 Å². The van der Waals surface area contributed by atoms with Crippen LogP contribution in [0.3, 0.4) is 0 Å². The van der Waals surface area contributed by atoms with Crippen LogP contribution in [0.15, 0.2) is 36.5 Å². The lowest BCUT2D eigenvalue weighted by molar-refractivity contribution is -0.324. The normalized spacial score (nSPS) is 23.3. The Balaban J connectivity index is 1.21. The first-order valence-electron chi connectivity index (χ1n) is 10.3. The van der Waals surface area contributed by atoms with Gasteiger partial charge in [-0.15, -0.1) is 13.2 Å². The molecular formula is C22H21ClF4N2O4. The molecule has 0 radical (unpaired) electrons. The van der Waals surface area contributed by atoms with Crippen molar-refractivity contribution in [3.05, 3.63) is 52.9 Å². The van der Waals surface area contributed by atoms with E-state index in [4.69, 9.17) is 21.1 Å². The largest absolute Gasteiger partial charge is 0.522 e. The van der Waals surface area contributed by atoms with Gasteiger partial charge in [0.05, 0.1) is 18.2 Å². The number of hydrogen-bond donors (Lipinski definition) is 1. The Labute approximate surface area is 192 Å². The van der Waals surface area contributed by atoms with Crippen molar-refractivity contribution in [2.45, 2.75) is 43.0 Å². The van der Waals surface area contributed by atoms with Crippen LogP contribution < -0.4 is 14.8 Å². The van der Waals surface area contributed by atoms with Crippen LogP contribution in [0.1, 0.15) is 31.2 Å².